The van der Waals surface area contributed by atoms with E-state index in [1.54, 1.807) is 0 Å². The Hall–Kier alpha value is -2.35. The number of carbonyl (C=O) groups excluding carboxylic acids is 1. The monoisotopic (exact) mass is 336 g/mol. The zero-order valence-corrected chi connectivity index (χ0v) is 13.4. The van der Waals surface area contributed by atoms with E-state index in [1.165, 1.54) is 11.0 Å². The zero-order chi connectivity index (χ0) is 17.3. The van der Waals surface area contributed by atoms with Gasteiger partial charge in [-0.3, -0.25) is 4.79 Å². The lowest BCUT2D eigenvalue weighted by atomic mass is 10.1. The molecule has 0 radical (unpaired) electrons. The van der Waals surface area contributed by atoms with Crippen LogP contribution in [-0.2, 0) is 11.2 Å². The van der Waals surface area contributed by atoms with Crippen LogP contribution in [0.15, 0.2) is 22.7 Å². The number of hydrogen-bond acceptors (Lipinski definition) is 5. The maximum absolute atomic E-state index is 13.9. The fourth-order valence-corrected chi connectivity index (χ4v) is 2.70. The molecule has 1 aromatic heterocycles. The van der Waals surface area contributed by atoms with Crippen LogP contribution in [0.25, 0.3) is 0 Å². The standard InChI is InChI=1S/C16H18F2N4O2/c1-9(19-2)5-14-20-16(24-21-14)10-6-15(23)22(8-10)13-4-3-11(17)7-12(13)18/h3-4,7,9-10,19H,5-6,8H2,1-2H3. The second kappa shape index (κ2) is 6.64. The predicted molar refractivity (Wildman–Crippen MR) is 82.6 cm³/mol. The lowest BCUT2D eigenvalue weighted by Gasteiger charge is -2.16. The van der Waals surface area contributed by atoms with Gasteiger partial charge in [0.05, 0.1) is 11.6 Å². The minimum Gasteiger partial charge on any atom is -0.339 e. The average Bonchev–Trinajstić information content (AvgIpc) is 3.14. The number of aromatic nitrogens is 2. The highest BCUT2D eigenvalue weighted by atomic mass is 19.1. The van der Waals surface area contributed by atoms with Crippen molar-refractivity contribution in [3.63, 3.8) is 0 Å². The van der Waals surface area contributed by atoms with E-state index in [-0.39, 0.29) is 36.5 Å². The number of likely N-dealkylation sites (N-methyl/N-ethyl adjacent to an activating group) is 1. The second-order valence-corrected chi connectivity index (χ2v) is 5.94. The molecule has 128 valence electrons. The summed E-state index contributed by atoms with van der Waals surface area (Å²) in [6, 6.07) is 3.35. The van der Waals surface area contributed by atoms with Gasteiger partial charge in [-0.25, -0.2) is 8.78 Å². The molecule has 8 heteroatoms. The quantitative estimate of drug-likeness (QED) is 0.904. The van der Waals surface area contributed by atoms with Crippen LogP contribution < -0.4 is 10.2 Å². The average molecular weight is 336 g/mol. The predicted octanol–water partition coefficient (Wildman–Crippen LogP) is 2.02. The maximum atomic E-state index is 13.9. The smallest absolute Gasteiger partial charge is 0.232 e. The molecule has 1 amide bonds. The fourth-order valence-electron chi connectivity index (χ4n) is 2.70. The molecular formula is C16H18F2N4O2. The molecule has 1 aromatic carbocycles. The number of nitrogens with zero attached hydrogens (tertiary/aromatic N) is 3. The number of hydrogen-bond donors (Lipinski definition) is 1. The van der Waals surface area contributed by atoms with Gasteiger partial charge in [-0.2, -0.15) is 4.98 Å². The van der Waals surface area contributed by atoms with Crippen molar-refractivity contribution in [1.82, 2.24) is 15.5 Å². The first-order valence-electron chi connectivity index (χ1n) is 7.73. The van der Waals surface area contributed by atoms with Crippen molar-refractivity contribution in [2.24, 2.45) is 0 Å². The number of anilines is 1. The van der Waals surface area contributed by atoms with Crippen molar-refractivity contribution >= 4 is 11.6 Å². The van der Waals surface area contributed by atoms with Crippen molar-refractivity contribution in [3.8, 4) is 0 Å². The van der Waals surface area contributed by atoms with Gasteiger partial charge in [0.25, 0.3) is 0 Å². The van der Waals surface area contributed by atoms with Crippen LogP contribution in [0.4, 0.5) is 14.5 Å². The third-order valence-corrected chi connectivity index (χ3v) is 4.14. The Balaban J connectivity index is 1.75. The molecule has 1 saturated heterocycles. The highest BCUT2D eigenvalue weighted by molar-refractivity contribution is 5.96. The van der Waals surface area contributed by atoms with E-state index in [1.807, 2.05) is 14.0 Å². The van der Waals surface area contributed by atoms with Gasteiger partial charge in [0.15, 0.2) is 5.82 Å². The largest absolute Gasteiger partial charge is 0.339 e. The maximum Gasteiger partial charge on any atom is 0.232 e. The Morgan fingerprint density at radius 3 is 2.96 bits per heavy atom. The van der Waals surface area contributed by atoms with Crippen molar-refractivity contribution in [2.75, 3.05) is 18.5 Å². The molecular weight excluding hydrogens is 318 g/mol. The van der Waals surface area contributed by atoms with Crippen molar-refractivity contribution in [1.29, 1.82) is 0 Å². The number of carbonyl (C=O) groups is 1. The number of nitrogens with one attached hydrogen (secondary N) is 1. The van der Waals surface area contributed by atoms with Crippen LogP contribution in [0, 0.1) is 11.6 Å². The molecule has 2 aromatic rings. The zero-order valence-electron chi connectivity index (χ0n) is 13.4. The Bertz CT molecular complexity index is 749. The third kappa shape index (κ3) is 3.28. The molecule has 0 spiro atoms. The van der Waals surface area contributed by atoms with E-state index in [9.17, 15) is 13.6 Å². The molecule has 2 heterocycles. The van der Waals surface area contributed by atoms with Gasteiger partial charge in [0, 0.05) is 31.5 Å². The van der Waals surface area contributed by atoms with Gasteiger partial charge in [0.2, 0.25) is 11.8 Å². The number of halogens is 2. The van der Waals surface area contributed by atoms with Crippen LogP contribution in [0.1, 0.15) is 31.0 Å². The molecule has 1 fully saturated rings. The summed E-state index contributed by atoms with van der Waals surface area (Å²) in [5.41, 5.74) is 0.0624. The third-order valence-electron chi connectivity index (χ3n) is 4.14. The summed E-state index contributed by atoms with van der Waals surface area (Å²) in [4.78, 5) is 17.8. The van der Waals surface area contributed by atoms with Crippen LogP contribution >= 0.6 is 0 Å². The van der Waals surface area contributed by atoms with Gasteiger partial charge in [-0.15, -0.1) is 0 Å². The van der Waals surface area contributed by atoms with Crippen molar-refractivity contribution in [2.45, 2.75) is 31.7 Å². The van der Waals surface area contributed by atoms with E-state index in [0.29, 0.717) is 18.1 Å². The Labute approximate surface area is 137 Å². The van der Waals surface area contributed by atoms with Crippen molar-refractivity contribution < 1.29 is 18.1 Å². The normalized spacial score (nSPS) is 19.1. The summed E-state index contributed by atoms with van der Waals surface area (Å²) in [7, 11) is 1.84. The molecule has 3 rings (SSSR count). The van der Waals surface area contributed by atoms with Gasteiger partial charge in [-0.05, 0) is 26.1 Å². The molecule has 2 atom stereocenters. The summed E-state index contributed by atoms with van der Waals surface area (Å²) >= 11 is 0. The molecule has 24 heavy (non-hydrogen) atoms. The molecule has 6 nitrogen and oxygen atoms in total. The lowest BCUT2D eigenvalue weighted by Crippen LogP contribution is -2.25. The number of rotatable bonds is 5. The van der Waals surface area contributed by atoms with Crippen LogP contribution in [0.2, 0.25) is 0 Å². The molecule has 0 bridgehead atoms. The van der Waals surface area contributed by atoms with Crippen LogP contribution in [0.5, 0.6) is 0 Å². The molecule has 1 N–H and O–H groups in total. The summed E-state index contributed by atoms with van der Waals surface area (Å²) < 4.78 is 32.2. The highest BCUT2D eigenvalue weighted by Gasteiger charge is 2.36. The Kier molecular flexibility index (Phi) is 4.57. The topological polar surface area (TPSA) is 71.3 Å². The first-order chi connectivity index (χ1) is 11.5. The van der Waals surface area contributed by atoms with E-state index in [0.717, 1.165) is 12.1 Å². The first kappa shape index (κ1) is 16.5. The second-order valence-electron chi connectivity index (χ2n) is 5.94. The Morgan fingerprint density at radius 2 is 2.25 bits per heavy atom. The summed E-state index contributed by atoms with van der Waals surface area (Å²) in [5.74, 6) is -1.07. The summed E-state index contributed by atoms with van der Waals surface area (Å²) in [5, 5.41) is 7.00. The number of benzene rings is 1. The van der Waals surface area contributed by atoms with Gasteiger partial charge in [0.1, 0.15) is 11.6 Å². The molecule has 0 saturated carbocycles. The number of amides is 1. The fraction of sp³-hybridized carbons (Fsp3) is 0.438. The van der Waals surface area contributed by atoms with Gasteiger partial charge >= 0.3 is 0 Å². The van der Waals surface area contributed by atoms with Gasteiger partial charge < -0.3 is 14.7 Å². The van der Waals surface area contributed by atoms with E-state index in [4.69, 9.17) is 4.52 Å². The van der Waals surface area contributed by atoms with Gasteiger partial charge in [-0.1, -0.05) is 5.16 Å². The Morgan fingerprint density at radius 1 is 1.46 bits per heavy atom. The highest BCUT2D eigenvalue weighted by Crippen LogP contribution is 2.32. The minimum absolute atomic E-state index is 0.0624. The lowest BCUT2D eigenvalue weighted by molar-refractivity contribution is -0.117. The van der Waals surface area contributed by atoms with E-state index < -0.39 is 11.6 Å². The molecule has 1 aliphatic heterocycles. The molecule has 1 aliphatic rings. The van der Waals surface area contributed by atoms with Crippen molar-refractivity contribution in [3.05, 3.63) is 41.5 Å². The molecule has 2 unspecified atom stereocenters. The minimum atomic E-state index is -0.766. The molecule has 0 aliphatic carbocycles. The SMILES string of the molecule is CNC(C)Cc1noc(C2CC(=O)N(c3ccc(F)cc3F)C2)n1. The summed E-state index contributed by atoms with van der Waals surface area (Å²) in [6.07, 6.45) is 0.761. The first-order valence-corrected chi connectivity index (χ1v) is 7.73. The van der Waals surface area contributed by atoms with Crippen LogP contribution in [-0.4, -0.2) is 35.7 Å². The van der Waals surface area contributed by atoms with E-state index in [2.05, 4.69) is 15.5 Å². The van der Waals surface area contributed by atoms with E-state index >= 15 is 0 Å². The summed E-state index contributed by atoms with van der Waals surface area (Å²) in [6.45, 7) is 2.22. The van der Waals surface area contributed by atoms with Crippen LogP contribution in [0.3, 0.4) is 0 Å².